The largest absolute Gasteiger partial charge is 0.332 e. The molecule has 2 aliphatic rings. The molecule has 0 bridgehead atoms. The zero-order valence-electron chi connectivity index (χ0n) is 17.0. The highest BCUT2D eigenvalue weighted by atomic mass is 35.5. The summed E-state index contributed by atoms with van der Waals surface area (Å²) in [7, 11) is -7.26. The van der Waals surface area contributed by atoms with Crippen LogP contribution in [-0.2, 0) is 29.4 Å². The van der Waals surface area contributed by atoms with Crippen molar-refractivity contribution in [2.24, 2.45) is 0 Å². The van der Waals surface area contributed by atoms with Crippen LogP contribution in [0.4, 0.5) is 0 Å². The second-order valence-electron chi connectivity index (χ2n) is 7.96. The standard InChI is InChI=1S/C20H22ClN3O6S2/c21-16-5-3-15-11-17(6-4-14(15)10-16)32(29,30)22-18-2-1-7-23(20(18)26)12-19(25)24-8-9-31(27,28)13-24/h3-6,10-11,18,22H,1-2,7-9,12-13H2/t18-/m0/s1. The Morgan fingerprint density at radius 1 is 1.12 bits per heavy atom. The van der Waals surface area contributed by atoms with Crippen molar-refractivity contribution in [2.75, 3.05) is 31.3 Å². The quantitative estimate of drug-likeness (QED) is 0.654. The maximum Gasteiger partial charge on any atom is 0.243 e. The van der Waals surface area contributed by atoms with Crippen LogP contribution in [0.25, 0.3) is 10.8 Å². The van der Waals surface area contributed by atoms with Crippen LogP contribution in [-0.4, -0.2) is 75.8 Å². The average Bonchev–Trinajstić information content (AvgIpc) is 3.10. The molecule has 0 spiro atoms. The first kappa shape index (κ1) is 23.0. The summed E-state index contributed by atoms with van der Waals surface area (Å²) < 4.78 is 51.5. The molecular formula is C20H22ClN3O6S2. The number of likely N-dealkylation sites (tertiary alicyclic amines) is 1. The number of sulfone groups is 1. The number of halogens is 1. The van der Waals surface area contributed by atoms with Crippen molar-refractivity contribution in [1.82, 2.24) is 14.5 Å². The zero-order chi connectivity index (χ0) is 23.1. The molecule has 4 rings (SSSR count). The van der Waals surface area contributed by atoms with Crippen LogP contribution < -0.4 is 4.72 Å². The molecule has 2 aromatic carbocycles. The Balaban J connectivity index is 1.46. The molecule has 2 aromatic rings. The van der Waals surface area contributed by atoms with Gasteiger partial charge in [0.05, 0.1) is 17.2 Å². The normalized spacial score (nSPS) is 21.3. The first-order chi connectivity index (χ1) is 15.0. The molecule has 12 heteroatoms. The third kappa shape index (κ3) is 4.90. The Bertz CT molecular complexity index is 1300. The lowest BCUT2D eigenvalue weighted by atomic mass is 10.1. The molecule has 172 valence electrons. The smallest absolute Gasteiger partial charge is 0.243 e. The monoisotopic (exact) mass is 499 g/mol. The predicted molar refractivity (Wildman–Crippen MR) is 119 cm³/mol. The number of rotatable bonds is 5. The molecule has 1 N–H and O–H groups in total. The van der Waals surface area contributed by atoms with Crippen LogP contribution >= 0.6 is 11.6 Å². The van der Waals surface area contributed by atoms with Gasteiger partial charge in [-0.25, -0.2) is 16.8 Å². The maximum absolute atomic E-state index is 12.9. The minimum atomic E-state index is -3.98. The van der Waals surface area contributed by atoms with E-state index in [0.29, 0.717) is 29.8 Å². The SMILES string of the molecule is O=C(CN1CCC[C@H](NS(=O)(=O)c2ccc3cc(Cl)ccc3c2)C1=O)N1CCS(=O)(=O)C1. The summed E-state index contributed by atoms with van der Waals surface area (Å²) in [6.07, 6.45) is 0.824. The number of sulfonamides is 1. The van der Waals surface area contributed by atoms with E-state index in [1.54, 1.807) is 24.3 Å². The number of piperidine rings is 1. The molecule has 0 unspecified atom stereocenters. The van der Waals surface area contributed by atoms with Crippen molar-refractivity contribution in [2.45, 2.75) is 23.8 Å². The van der Waals surface area contributed by atoms with Gasteiger partial charge in [0, 0.05) is 18.1 Å². The van der Waals surface area contributed by atoms with Gasteiger partial charge in [-0.05, 0) is 47.9 Å². The van der Waals surface area contributed by atoms with Crippen molar-refractivity contribution in [1.29, 1.82) is 0 Å². The predicted octanol–water partition coefficient (Wildman–Crippen LogP) is 0.977. The van der Waals surface area contributed by atoms with Gasteiger partial charge in [-0.15, -0.1) is 0 Å². The van der Waals surface area contributed by atoms with Gasteiger partial charge in [0.1, 0.15) is 11.9 Å². The highest BCUT2D eigenvalue weighted by Gasteiger charge is 2.36. The van der Waals surface area contributed by atoms with Crippen LogP contribution in [0.1, 0.15) is 12.8 Å². The van der Waals surface area contributed by atoms with E-state index < -0.39 is 37.7 Å². The van der Waals surface area contributed by atoms with Gasteiger partial charge in [-0.3, -0.25) is 9.59 Å². The first-order valence-corrected chi connectivity index (χ1v) is 13.7. The fourth-order valence-electron chi connectivity index (χ4n) is 3.90. The first-order valence-electron chi connectivity index (χ1n) is 10.0. The molecule has 9 nitrogen and oxygen atoms in total. The Kier molecular flexibility index (Phi) is 6.19. The Morgan fingerprint density at radius 3 is 2.56 bits per heavy atom. The number of hydrogen-bond acceptors (Lipinski definition) is 6. The van der Waals surface area contributed by atoms with Crippen LogP contribution in [0.5, 0.6) is 0 Å². The minimum Gasteiger partial charge on any atom is -0.332 e. The van der Waals surface area contributed by atoms with Crippen molar-refractivity contribution < 1.29 is 26.4 Å². The lowest BCUT2D eigenvalue weighted by Gasteiger charge is -2.32. The van der Waals surface area contributed by atoms with E-state index >= 15 is 0 Å². The van der Waals surface area contributed by atoms with Gasteiger partial charge in [0.15, 0.2) is 9.84 Å². The van der Waals surface area contributed by atoms with Crippen LogP contribution in [0.3, 0.4) is 0 Å². The highest BCUT2D eigenvalue weighted by molar-refractivity contribution is 7.91. The topological polar surface area (TPSA) is 121 Å². The lowest BCUT2D eigenvalue weighted by Crippen LogP contribution is -2.54. The van der Waals surface area contributed by atoms with Crippen LogP contribution in [0, 0.1) is 0 Å². The van der Waals surface area contributed by atoms with Gasteiger partial charge in [-0.1, -0.05) is 23.7 Å². The summed E-state index contributed by atoms with van der Waals surface area (Å²) in [6.45, 7) is 0.135. The Labute approximate surface area is 191 Å². The molecule has 2 amide bonds. The van der Waals surface area contributed by atoms with E-state index in [1.807, 2.05) is 0 Å². The zero-order valence-corrected chi connectivity index (χ0v) is 19.4. The van der Waals surface area contributed by atoms with Crippen LogP contribution in [0.15, 0.2) is 41.3 Å². The van der Waals surface area contributed by atoms with Crippen LogP contribution in [0.2, 0.25) is 5.02 Å². The van der Waals surface area contributed by atoms with E-state index in [-0.39, 0.29) is 29.6 Å². The highest BCUT2D eigenvalue weighted by Crippen LogP contribution is 2.23. The van der Waals surface area contributed by atoms with Crippen molar-refractivity contribution in [3.05, 3.63) is 41.4 Å². The minimum absolute atomic E-state index is 0.0237. The van der Waals surface area contributed by atoms with Gasteiger partial charge < -0.3 is 9.80 Å². The number of nitrogens with zero attached hydrogens (tertiary/aromatic N) is 2. The number of hydrogen-bond donors (Lipinski definition) is 1. The fourth-order valence-corrected chi connectivity index (χ4v) is 6.71. The number of nitrogens with one attached hydrogen (secondary N) is 1. The summed E-state index contributed by atoms with van der Waals surface area (Å²) in [4.78, 5) is 27.8. The summed E-state index contributed by atoms with van der Waals surface area (Å²) in [5, 5.41) is 2.03. The molecule has 2 aliphatic heterocycles. The number of fused-ring (bicyclic) bond motifs is 1. The third-order valence-electron chi connectivity index (χ3n) is 5.62. The summed E-state index contributed by atoms with van der Waals surface area (Å²) in [6, 6.07) is 8.72. The van der Waals surface area contributed by atoms with Gasteiger partial charge >= 0.3 is 0 Å². The molecule has 0 radical (unpaired) electrons. The fraction of sp³-hybridized carbons (Fsp3) is 0.400. The third-order valence-corrected chi connectivity index (χ3v) is 8.83. The molecular weight excluding hydrogens is 478 g/mol. The molecule has 2 heterocycles. The summed E-state index contributed by atoms with van der Waals surface area (Å²) in [5.41, 5.74) is 0. The molecule has 1 atom stereocenters. The molecule has 0 aromatic heterocycles. The van der Waals surface area contributed by atoms with Gasteiger partial charge in [0.25, 0.3) is 0 Å². The van der Waals surface area contributed by atoms with Gasteiger partial charge in [-0.2, -0.15) is 4.72 Å². The number of amides is 2. The van der Waals surface area contributed by atoms with E-state index in [2.05, 4.69) is 4.72 Å². The van der Waals surface area contributed by atoms with E-state index in [1.165, 1.54) is 21.9 Å². The number of carbonyl (C=O) groups is 2. The Hall–Kier alpha value is -2.21. The average molecular weight is 500 g/mol. The van der Waals surface area contributed by atoms with E-state index in [9.17, 15) is 26.4 Å². The van der Waals surface area contributed by atoms with Gasteiger partial charge in [0.2, 0.25) is 21.8 Å². The number of benzene rings is 2. The molecule has 0 saturated carbocycles. The summed E-state index contributed by atoms with van der Waals surface area (Å²) in [5.74, 6) is -1.40. The van der Waals surface area contributed by atoms with Crippen molar-refractivity contribution >= 4 is 54.0 Å². The van der Waals surface area contributed by atoms with Crippen molar-refractivity contribution in [3.63, 3.8) is 0 Å². The number of carbonyl (C=O) groups excluding carboxylic acids is 2. The Morgan fingerprint density at radius 2 is 1.84 bits per heavy atom. The lowest BCUT2D eigenvalue weighted by molar-refractivity contribution is -0.142. The van der Waals surface area contributed by atoms with Crippen molar-refractivity contribution in [3.8, 4) is 0 Å². The molecule has 32 heavy (non-hydrogen) atoms. The second-order valence-corrected chi connectivity index (χ2v) is 12.3. The molecule has 2 fully saturated rings. The molecule has 0 aliphatic carbocycles. The molecule has 2 saturated heterocycles. The summed E-state index contributed by atoms with van der Waals surface area (Å²) >= 11 is 5.97. The van der Waals surface area contributed by atoms with E-state index in [0.717, 1.165) is 5.39 Å². The van der Waals surface area contributed by atoms with E-state index in [4.69, 9.17) is 11.6 Å². The second kappa shape index (κ2) is 8.62. The maximum atomic E-state index is 12.9.